The summed E-state index contributed by atoms with van der Waals surface area (Å²) in [6.07, 6.45) is 3.77. The third-order valence-electron chi connectivity index (χ3n) is 2.31. The normalized spacial score (nSPS) is 19.2. The minimum Gasteiger partial charge on any atom is -0.268 e. The van der Waals surface area contributed by atoms with Gasteiger partial charge in [-0.1, -0.05) is 33.6 Å². The number of carbonyl (C=O) groups is 1. The van der Waals surface area contributed by atoms with Gasteiger partial charge in [0.2, 0.25) is 0 Å². The number of nitrogens with zero attached hydrogens (tertiary/aromatic N) is 1. The maximum Gasteiger partial charge on any atom is 0.292 e. The number of rotatable bonds is 1. The Kier molecular flexibility index (Phi) is 4.71. The highest BCUT2D eigenvalue weighted by atomic mass is 16.3. The molecule has 0 saturated heterocycles. The molecule has 0 spiro atoms. The summed E-state index contributed by atoms with van der Waals surface area (Å²) in [4.78, 5) is 20.8. The Bertz CT molecular complexity index is 160. The lowest BCUT2D eigenvalue weighted by Crippen LogP contribution is -2.21. The van der Waals surface area contributed by atoms with E-state index >= 15 is 0 Å². The van der Waals surface area contributed by atoms with Crippen LogP contribution >= 0.6 is 0 Å². The van der Waals surface area contributed by atoms with Gasteiger partial charge in [-0.3, -0.25) is 4.79 Å². The molecule has 0 bridgehead atoms. The summed E-state index contributed by atoms with van der Waals surface area (Å²) in [6, 6.07) is 0. The lowest BCUT2D eigenvalue weighted by atomic mass is 9.88. The number of amides is 1. The molecular weight excluding hydrogens is 154 g/mol. The summed E-state index contributed by atoms with van der Waals surface area (Å²) in [5.41, 5.74) is -0.415. The topological polar surface area (TPSA) is 46.5 Å². The van der Waals surface area contributed by atoms with Gasteiger partial charge in [0.15, 0.2) is 0 Å². The minimum absolute atomic E-state index is 0.415. The molecule has 0 aliphatic heterocycles. The van der Waals surface area contributed by atoms with Gasteiger partial charge in [0.1, 0.15) is 0 Å². The Morgan fingerprint density at radius 1 is 1.25 bits per heavy atom. The fraction of sp³-hybridized carbons (Fsp3) is 0.889. The monoisotopic (exact) mass is 171 g/mol. The van der Waals surface area contributed by atoms with Crippen molar-refractivity contribution in [2.75, 3.05) is 0 Å². The molecule has 70 valence electrons. The zero-order chi connectivity index (χ0) is 9.61. The molecule has 1 amide bonds. The molecule has 0 aromatic heterocycles. The first-order valence-corrected chi connectivity index (χ1v) is 4.57. The first-order chi connectivity index (χ1) is 5.69. The van der Waals surface area contributed by atoms with Gasteiger partial charge in [-0.2, -0.15) is 0 Å². The largest absolute Gasteiger partial charge is 0.292 e. The Hall–Kier alpha value is -0.730. The fourth-order valence-electron chi connectivity index (χ4n) is 1.48. The van der Waals surface area contributed by atoms with Crippen LogP contribution in [0.2, 0.25) is 0 Å². The van der Waals surface area contributed by atoms with Crippen molar-refractivity contribution in [3.05, 3.63) is 4.91 Å². The van der Waals surface area contributed by atoms with Gasteiger partial charge >= 0.3 is 0 Å². The number of hydrogen-bond acceptors (Lipinski definition) is 2. The quantitative estimate of drug-likeness (QED) is 0.569. The Morgan fingerprint density at radius 3 is 2.00 bits per heavy atom. The maximum absolute atomic E-state index is 10.9. The van der Waals surface area contributed by atoms with E-state index in [9.17, 15) is 9.70 Å². The van der Waals surface area contributed by atoms with Crippen molar-refractivity contribution >= 4 is 5.91 Å². The Balaban J connectivity index is 0.000000561. The first-order valence-electron chi connectivity index (χ1n) is 4.57. The smallest absolute Gasteiger partial charge is 0.268 e. The number of nitroso groups, excluding NO2 is 1. The average Bonchev–Trinajstić information content (AvgIpc) is 2.55. The minimum atomic E-state index is -0.468. The SMILES string of the molecule is CC.CC1(C(=O)N=O)CCCC1. The first kappa shape index (κ1) is 11.3. The van der Waals surface area contributed by atoms with Crippen LogP contribution in [-0.2, 0) is 4.79 Å². The number of carbonyl (C=O) groups excluding carboxylic acids is 1. The van der Waals surface area contributed by atoms with Crippen LogP contribution in [0.3, 0.4) is 0 Å². The molecule has 1 aliphatic rings. The second-order valence-electron chi connectivity index (χ2n) is 3.16. The summed E-state index contributed by atoms with van der Waals surface area (Å²) < 4.78 is 0. The third kappa shape index (κ3) is 2.40. The average molecular weight is 171 g/mol. The van der Waals surface area contributed by atoms with Crippen LogP contribution in [0.1, 0.15) is 46.5 Å². The lowest BCUT2D eigenvalue weighted by molar-refractivity contribution is -0.126. The van der Waals surface area contributed by atoms with Gasteiger partial charge in [-0.05, 0) is 12.8 Å². The molecule has 0 unspecified atom stereocenters. The molecule has 3 nitrogen and oxygen atoms in total. The van der Waals surface area contributed by atoms with Gasteiger partial charge < -0.3 is 0 Å². The number of hydrogen-bond donors (Lipinski definition) is 0. The maximum atomic E-state index is 10.9. The van der Waals surface area contributed by atoms with Crippen molar-refractivity contribution in [1.82, 2.24) is 0 Å². The van der Waals surface area contributed by atoms with E-state index < -0.39 is 11.3 Å². The predicted octanol–water partition coefficient (Wildman–Crippen LogP) is 2.89. The third-order valence-corrected chi connectivity index (χ3v) is 2.31. The van der Waals surface area contributed by atoms with Crippen LogP contribution in [-0.4, -0.2) is 5.91 Å². The van der Waals surface area contributed by atoms with Gasteiger partial charge in [0.25, 0.3) is 5.91 Å². The summed E-state index contributed by atoms with van der Waals surface area (Å²) >= 11 is 0. The van der Waals surface area contributed by atoms with E-state index in [2.05, 4.69) is 5.18 Å². The van der Waals surface area contributed by atoms with E-state index in [0.717, 1.165) is 25.7 Å². The zero-order valence-electron chi connectivity index (χ0n) is 8.09. The van der Waals surface area contributed by atoms with Gasteiger partial charge in [0.05, 0.1) is 5.41 Å². The zero-order valence-corrected chi connectivity index (χ0v) is 8.09. The standard InChI is InChI=1S/C7H11NO2.C2H6/c1-7(6(9)8-10)4-2-3-5-7;1-2/h2-5H2,1H3;1-2H3. The second-order valence-corrected chi connectivity index (χ2v) is 3.16. The van der Waals surface area contributed by atoms with E-state index in [1.165, 1.54) is 0 Å². The summed E-state index contributed by atoms with van der Waals surface area (Å²) in [6.45, 7) is 5.82. The summed E-state index contributed by atoms with van der Waals surface area (Å²) in [7, 11) is 0. The van der Waals surface area contributed by atoms with E-state index in [0.29, 0.717) is 0 Å². The molecule has 1 saturated carbocycles. The van der Waals surface area contributed by atoms with E-state index in [1.807, 2.05) is 20.8 Å². The van der Waals surface area contributed by atoms with Crippen molar-refractivity contribution in [1.29, 1.82) is 0 Å². The van der Waals surface area contributed by atoms with E-state index in [4.69, 9.17) is 0 Å². The molecule has 1 fully saturated rings. The summed E-state index contributed by atoms with van der Waals surface area (Å²) in [5.74, 6) is -0.468. The van der Waals surface area contributed by atoms with Crippen molar-refractivity contribution in [3.63, 3.8) is 0 Å². The van der Waals surface area contributed by atoms with Crippen LogP contribution in [0.4, 0.5) is 0 Å². The lowest BCUT2D eigenvalue weighted by Gasteiger charge is -2.15. The van der Waals surface area contributed by atoms with Gasteiger partial charge in [0, 0.05) is 5.18 Å². The van der Waals surface area contributed by atoms with E-state index in [-0.39, 0.29) is 0 Å². The molecule has 0 atom stereocenters. The van der Waals surface area contributed by atoms with E-state index in [1.54, 1.807) is 0 Å². The molecule has 0 aromatic carbocycles. The molecule has 0 heterocycles. The molecule has 0 aromatic rings. The van der Waals surface area contributed by atoms with Gasteiger partial charge in [-0.15, -0.1) is 4.91 Å². The van der Waals surface area contributed by atoms with Crippen LogP contribution in [0.15, 0.2) is 5.18 Å². The van der Waals surface area contributed by atoms with Crippen LogP contribution in [0, 0.1) is 10.3 Å². The Labute approximate surface area is 73.5 Å². The second kappa shape index (κ2) is 5.01. The highest BCUT2D eigenvalue weighted by Crippen LogP contribution is 2.38. The molecule has 12 heavy (non-hydrogen) atoms. The van der Waals surface area contributed by atoms with Crippen LogP contribution in [0.5, 0.6) is 0 Å². The van der Waals surface area contributed by atoms with Gasteiger partial charge in [-0.25, -0.2) is 0 Å². The highest BCUT2D eigenvalue weighted by molar-refractivity contribution is 5.83. The molecule has 0 radical (unpaired) electrons. The van der Waals surface area contributed by atoms with Crippen LogP contribution < -0.4 is 0 Å². The van der Waals surface area contributed by atoms with Crippen molar-refractivity contribution < 1.29 is 4.79 Å². The molecule has 3 heteroatoms. The van der Waals surface area contributed by atoms with Crippen molar-refractivity contribution in [2.45, 2.75) is 46.5 Å². The highest BCUT2D eigenvalue weighted by Gasteiger charge is 2.36. The molecule has 0 N–H and O–H groups in total. The Morgan fingerprint density at radius 2 is 1.67 bits per heavy atom. The van der Waals surface area contributed by atoms with Crippen LogP contribution in [0.25, 0.3) is 0 Å². The van der Waals surface area contributed by atoms with Crippen molar-refractivity contribution in [3.8, 4) is 0 Å². The molecule has 1 rings (SSSR count). The summed E-state index contributed by atoms with van der Waals surface area (Å²) in [5, 5.41) is 2.45. The molecular formula is C9H17NO2. The molecule has 1 aliphatic carbocycles. The predicted molar refractivity (Wildman–Crippen MR) is 48.7 cm³/mol. The van der Waals surface area contributed by atoms with Crippen molar-refractivity contribution in [2.24, 2.45) is 10.6 Å². The fourth-order valence-corrected chi connectivity index (χ4v) is 1.48.